The van der Waals surface area contributed by atoms with Gasteiger partial charge in [-0.2, -0.15) is 4.31 Å². The van der Waals surface area contributed by atoms with Crippen LogP contribution >= 0.6 is 0 Å². The Morgan fingerprint density at radius 2 is 2.10 bits per heavy atom. The van der Waals surface area contributed by atoms with Crippen molar-refractivity contribution in [3.63, 3.8) is 0 Å². The van der Waals surface area contributed by atoms with E-state index in [1.54, 1.807) is 21.1 Å². The molecule has 1 fully saturated rings. The van der Waals surface area contributed by atoms with Gasteiger partial charge in [-0.05, 0) is 38.2 Å². The molecule has 1 aliphatic rings. The normalized spacial score (nSPS) is 16.1. The molecular weight excluding hydrogens is 288 g/mol. The smallest absolute Gasteiger partial charge is 0.244 e. The van der Waals surface area contributed by atoms with Gasteiger partial charge >= 0.3 is 0 Å². The summed E-state index contributed by atoms with van der Waals surface area (Å²) in [4.78, 5) is 0.309. The molecule has 0 amide bonds. The maximum atomic E-state index is 12.9. The summed E-state index contributed by atoms with van der Waals surface area (Å²) in [5.41, 5.74) is 0.649. The van der Waals surface area contributed by atoms with E-state index in [4.69, 9.17) is 0 Å². The average molecular weight is 314 g/mol. The molecular formula is C15H26N2O3S. The number of hydrogen-bond donors (Lipinski definition) is 1. The first-order valence-corrected chi connectivity index (χ1v) is 9.15. The second-order valence-electron chi connectivity index (χ2n) is 6.14. The van der Waals surface area contributed by atoms with Crippen molar-refractivity contribution in [1.82, 2.24) is 8.87 Å². The van der Waals surface area contributed by atoms with Gasteiger partial charge in [-0.25, -0.2) is 8.42 Å². The molecule has 120 valence electrons. The summed E-state index contributed by atoms with van der Waals surface area (Å²) in [5.74, 6) is 0.481. The Labute approximate surface area is 127 Å². The number of rotatable bonds is 8. The van der Waals surface area contributed by atoms with E-state index in [9.17, 15) is 13.5 Å². The molecule has 2 rings (SSSR count). The van der Waals surface area contributed by atoms with E-state index < -0.39 is 10.0 Å². The van der Waals surface area contributed by atoms with Crippen LogP contribution in [0.1, 0.15) is 45.7 Å². The van der Waals surface area contributed by atoms with Crippen LogP contribution in [0.2, 0.25) is 0 Å². The van der Waals surface area contributed by atoms with Crippen molar-refractivity contribution in [1.29, 1.82) is 0 Å². The lowest BCUT2D eigenvalue weighted by Gasteiger charge is -2.22. The Kier molecular flexibility index (Phi) is 5.11. The fraction of sp³-hybridized carbons (Fsp3) is 0.733. The molecule has 0 atom stereocenters. The number of nitrogens with zero attached hydrogens (tertiary/aromatic N) is 2. The molecule has 6 heteroatoms. The van der Waals surface area contributed by atoms with Crippen LogP contribution in [0.3, 0.4) is 0 Å². The van der Waals surface area contributed by atoms with Gasteiger partial charge < -0.3 is 9.67 Å². The number of sulfonamides is 1. The Morgan fingerprint density at radius 1 is 1.43 bits per heavy atom. The molecule has 0 aliphatic heterocycles. The van der Waals surface area contributed by atoms with E-state index in [0.29, 0.717) is 29.6 Å². The van der Waals surface area contributed by atoms with Crippen molar-refractivity contribution < 1.29 is 13.5 Å². The van der Waals surface area contributed by atoms with Crippen molar-refractivity contribution in [2.45, 2.75) is 64.1 Å². The summed E-state index contributed by atoms with van der Waals surface area (Å²) < 4.78 is 29.2. The van der Waals surface area contributed by atoms with Gasteiger partial charge in [0.15, 0.2) is 0 Å². The molecule has 1 N–H and O–H groups in total. The minimum Gasteiger partial charge on any atom is -0.390 e. The second kappa shape index (κ2) is 6.50. The SMILES string of the molecule is CCn1cc(S(=O)(=O)N(CCC(C)C)C2CC2)cc1CO. The zero-order chi connectivity index (χ0) is 15.6. The van der Waals surface area contributed by atoms with E-state index in [1.807, 2.05) is 6.92 Å². The summed E-state index contributed by atoms with van der Waals surface area (Å²) in [6.45, 7) is 7.24. The maximum Gasteiger partial charge on any atom is 0.244 e. The van der Waals surface area contributed by atoms with Crippen LogP contribution in [0.4, 0.5) is 0 Å². The average Bonchev–Trinajstić information content (AvgIpc) is 3.15. The van der Waals surface area contributed by atoms with E-state index in [-0.39, 0.29) is 12.6 Å². The van der Waals surface area contributed by atoms with Crippen LogP contribution in [-0.2, 0) is 23.2 Å². The van der Waals surface area contributed by atoms with Crippen LogP contribution in [-0.4, -0.2) is 35.0 Å². The van der Waals surface area contributed by atoms with Gasteiger partial charge in [0.1, 0.15) is 4.90 Å². The number of aliphatic hydroxyl groups excluding tert-OH is 1. The molecule has 5 nitrogen and oxygen atoms in total. The van der Waals surface area contributed by atoms with Gasteiger partial charge in [0, 0.05) is 31.0 Å². The van der Waals surface area contributed by atoms with Crippen LogP contribution < -0.4 is 0 Å². The zero-order valence-corrected chi connectivity index (χ0v) is 13.9. The molecule has 0 saturated heterocycles. The Hall–Kier alpha value is -0.850. The summed E-state index contributed by atoms with van der Waals surface area (Å²) in [6, 6.07) is 1.76. The predicted molar refractivity (Wildman–Crippen MR) is 82.4 cm³/mol. The second-order valence-corrected chi connectivity index (χ2v) is 8.03. The quantitative estimate of drug-likeness (QED) is 0.800. The number of hydrogen-bond acceptors (Lipinski definition) is 3. The zero-order valence-electron chi connectivity index (χ0n) is 13.1. The molecule has 1 aromatic heterocycles. The number of aryl methyl sites for hydroxylation is 1. The molecule has 1 saturated carbocycles. The lowest BCUT2D eigenvalue weighted by molar-refractivity contribution is 0.271. The van der Waals surface area contributed by atoms with Crippen LogP contribution in [0.15, 0.2) is 17.2 Å². The van der Waals surface area contributed by atoms with E-state index in [1.165, 1.54) is 0 Å². The largest absolute Gasteiger partial charge is 0.390 e. The van der Waals surface area contributed by atoms with Gasteiger partial charge in [0.05, 0.1) is 6.61 Å². The third-order valence-electron chi connectivity index (χ3n) is 3.95. The third kappa shape index (κ3) is 3.67. The van der Waals surface area contributed by atoms with Crippen molar-refractivity contribution in [3.8, 4) is 0 Å². The van der Waals surface area contributed by atoms with Gasteiger partial charge in [0.25, 0.3) is 0 Å². The number of aromatic nitrogens is 1. The molecule has 0 radical (unpaired) electrons. The third-order valence-corrected chi connectivity index (χ3v) is 5.87. The van der Waals surface area contributed by atoms with Gasteiger partial charge in [0.2, 0.25) is 10.0 Å². The molecule has 1 heterocycles. The molecule has 0 spiro atoms. The molecule has 1 aliphatic carbocycles. The minimum absolute atomic E-state index is 0.140. The van der Waals surface area contributed by atoms with Crippen molar-refractivity contribution >= 4 is 10.0 Å². The van der Waals surface area contributed by atoms with E-state index >= 15 is 0 Å². The highest BCUT2D eigenvalue weighted by molar-refractivity contribution is 7.89. The Balaban J connectivity index is 2.27. The van der Waals surface area contributed by atoms with Gasteiger partial charge in [-0.15, -0.1) is 0 Å². The topological polar surface area (TPSA) is 62.5 Å². The fourth-order valence-corrected chi connectivity index (χ4v) is 4.24. The number of aliphatic hydroxyl groups is 1. The van der Waals surface area contributed by atoms with Crippen molar-refractivity contribution in [2.24, 2.45) is 5.92 Å². The minimum atomic E-state index is -3.45. The highest BCUT2D eigenvalue weighted by Crippen LogP contribution is 2.33. The monoisotopic (exact) mass is 314 g/mol. The summed E-state index contributed by atoms with van der Waals surface area (Å²) in [6.07, 6.45) is 4.43. The summed E-state index contributed by atoms with van der Waals surface area (Å²) in [5, 5.41) is 9.34. The molecule has 0 bridgehead atoms. The first kappa shape index (κ1) is 16.5. The van der Waals surface area contributed by atoms with Crippen LogP contribution in [0.25, 0.3) is 0 Å². The summed E-state index contributed by atoms with van der Waals surface area (Å²) in [7, 11) is -3.45. The van der Waals surface area contributed by atoms with E-state index in [0.717, 1.165) is 19.3 Å². The van der Waals surface area contributed by atoms with Gasteiger partial charge in [-0.1, -0.05) is 13.8 Å². The maximum absolute atomic E-state index is 12.9. The summed E-state index contributed by atoms with van der Waals surface area (Å²) >= 11 is 0. The van der Waals surface area contributed by atoms with Gasteiger partial charge in [-0.3, -0.25) is 0 Å². The molecule has 21 heavy (non-hydrogen) atoms. The highest BCUT2D eigenvalue weighted by Gasteiger charge is 2.38. The lowest BCUT2D eigenvalue weighted by Crippen LogP contribution is -2.34. The Morgan fingerprint density at radius 3 is 2.52 bits per heavy atom. The lowest BCUT2D eigenvalue weighted by atomic mass is 10.1. The molecule has 1 aromatic rings. The first-order chi connectivity index (χ1) is 9.90. The molecule has 0 aromatic carbocycles. The first-order valence-electron chi connectivity index (χ1n) is 7.71. The van der Waals surface area contributed by atoms with Crippen molar-refractivity contribution in [3.05, 3.63) is 18.0 Å². The predicted octanol–water partition coefficient (Wildman–Crippen LogP) is 2.20. The van der Waals surface area contributed by atoms with Crippen molar-refractivity contribution in [2.75, 3.05) is 6.54 Å². The Bertz CT molecular complexity index is 552. The fourth-order valence-electron chi connectivity index (χ4n) is 2.48. The van der Waals surface area contributed by atoms with Crippen LogP contribution in [0, 0.1) is 5.92 Å². The van der Waals surface area contributed by atoms with Crippen LogP contribution in [0.5, 0.6) is 0 Å². The molecule has 0 unspecified atom stereocenters. The highest BCUT2D eigenvalue weighted by atomic mass is 32.2. The standard InChI is InChI=1S/C15H26N2O3S/c1-4-16-10-15(9-14(16)11-18)21(19,20)17(13-5-6-13)8-7-12(2)3/h9-10,12-13,18H,4-8,11H2,1-3H3. The van der Waals surface area contributed by atoms with E-state index in [2.05, 4.69) is 13.8 Å².